The molecule has 5 nitrogen and oxygen atoms in total. The van der Waals surface area contributed by atoms with E-state index in [1.807, 2.05) is 31.2 Å². The first kappa shape index (κ1) is 9.77. The number of anilines is 1. The van der Waals surface area contributed by atoms with Crippen LogP contribution in [0.4, 0.5) is 5.82 Å². The van der Waals surface area contributed by atoms with Crippen molar-refractivity contribution in [3.05, 3.63) is 36.0 Å². The molecular weight excluding hydrogens is 214 g/mol. The topological polar surface area (TPSA) is 80.5 Å². The minimum Gasteiger partial charge on any atom is -0.384 e. The lowest BCUT2D eigenvalue weighted by Crippen LogP contribution is -1.94. The predicted molar refractivity (Wildman–Crippen MR) is 66.3 cm³/mol. The molecule has 1 aromatic carbocycles. The Bertz CT molecular complexity index is 686. The highest BCUT2D eigenvalue weighted by Crippen LogP contribution is 2.21. The highest BCUT2D eigenvalue weighted by atomic mass is 15.2. The molecule has 2 heterocycles. The molecular formula is C12H11N5. The number of fused-ring (bicyclic) bond motifs is 1. The molecule has 0 aliphatic rings. The van der Waals surface area contributed by atoms with Gasteiger partial charge in [0.1, 0.15) is 17.2 Å². The molecule has 0 atom stereocenters. The zero-order valence-corrected chi connectivity index (χ0v) is 9.31. The Labute approximate surface area is 97.7 Å². The molecule has 3 N–H and O–H groups in total. The molecule has 3 aromatic rings. The van der Waals surface area contributed by atoms with E-state index in [0.29, 0.717) is 5.82 Å². The fraction of sp³-hybridized carbons (Fsp3) is 0.0833. The standard InChI is InChI=1S/C12H11N5/c1-7-12(10-6-11(13)17-16-10)15-9-5-3-2-4-8(9)14-7/h2-6H,1H3,(H3,13,16,17). The number of nitrogens with two attached hydrogens (primary N) is 1. The second-order valence-corrected chi connectivity index (χ2v) is 3.85. The minimum atomic E-state index is 0.523. The van der Waals surface area contributed by atoms with Crippen LogP contribution in [0.25, 0.3) is 22.4 Å². The fourth-order valence-electron chi connectivity index (χ4n) is 1.79. The van der Waals surface area contributed by atoms with Crippen molar-refractivity contribution in [2.24, 2.45) is 0 Å². The van der Waals surface area contributed by atoms with Crippen molar-refractivity contribution in [3.8, 4) is 11.4 Å². The Kier molecular flexibility index (Phi) is 2.04. The van der Waals surface area contributed by atoms with Gasteiger partial charge in [-0.1, -0.05) is 12.1 Å². The van der Waals surface area contributed by atoms with Gasteiger partial charge in [-0.25, -0.2) is 9.97 Å². The summed E-state index contributed by atoms with van der Waals surface area (Å²) in [7, 11) is 0. The van der Waals surface area contributed by atoms with Crippen LogP contribution >= 0.6 is 0 Å². The zero-order chi connectivity index (χ0) is 11.8. The summed E-state index contributed by atoms with van der Waals surface area (Å²) in [6.45, 7) is 1.92. The van der Waals surface area contributed by atoms with Crippen molar-refractivity contribution in [1.29, 1.82) is 0 Å². The van der Waals surface area contributed by atoms with Gasteiger partial charge in [0.2, 0.25) is 0 Å². The Balaban J connectivity index is 2.26. The van der Waals surface area contributed by atoms with Gasteiger partial charge in [-0.2, -0.15) is 5.10 Å². The van der Waals surface area contributed by atoms with Gasteiger partial charge in [0.25, 0.3) is 0 Å². The lowest BCUT2D eigenvalue weighted by Gasteiger charge is -2.03. The molecule has 84 valence electrons. The van der Waals surface area contributed by atoms with E-state index in [2.05, 4.69) is 20.2 Å². The van der Waals surface area contributed by atoms with Crippen LogP contribution < -0.4 is 5.73 Å². The van der Waals surface area contributed by atoms with Gasteiger partial charge in [-0.3, -0.25) is 5.10 Å². The van der Waals surface area contributed by atoms with Crippen molar-refractivity contribution in [1.82, 2.24) is 20.2 Å². The number of aryl methyl sites for hydroxylation is 1. The third kappa shape index (κ3) is 1.61. The Morgan fingerprint density at radius 2 is 1.82 bits per heavy atom. The normalized spacial score (nSPS) is 10.9. The van der Waals surface area contributed by atoms with Gasteiger partial charge in [-0.15, -0.1) is 0 Å². The van der Waals surface area contributed by atoms with E-state index in [-0.39, 0.29) is 0 Å². The first-order valence-corrected chi connectivity index (χ1v) is 5.29. The van der Waals surface area contributed by atoms with Gasteiger partial charge in [-0.05, 0) is 19.1 Å². The first-order valence-electron chi connectivity index (χ1n) is 5.29. The van der Waals surface area contributed by atoms with Crippen LogP contribution in [0.3, 0.4) is 0 Å². The number of para-hydroxylation sites is 2. The molecule has 0 spiro atoms. The summed E-state index contributed by atoms with van der Waals surface area (Å²) in [6.07, 6.45) is 0. The summed E-state index contributed by atoms with van der Waals surface area (Å²) < 4.78 is 0. The Hall–Kier alpha value is -2.43. The van der Waals surface area contributed by atoms with E-state index in [1.165, 1.54) is 0 Å². The number of nitrogens with one attached hydrogen (secondary N) is 1. The molecule has 0 fully saturated rings. The second kappa shape index (κ2) is 3.55. The first-order chi connectivity index (χ1) is 8.24. The van der Waals surface area contributed by atoms with E-state index in [1.54, 1.807) is 6.07 Å². The maximum atomic E-state index is 5.61. The average molecular weight is 225 g/mol. The largest absolute Gasteiger partial charge is 0.384 e. The number of rotatable bonds is 1. The summed E-state index contributed by atoms with van der Waals surface area (Å²) in [5, 5.41) is 6.80. The van der Waals surface area contributed by atoms with Crippen molar-refractivity contribution in [2.75, 3.05) is 5.73 Å². The molecule has 0 radical (unpaired) electrons. The van der Waals surface area contributed by atoms with Crippen molar-refractivity contribution in [3.63, 3.8) is 0 Å². The van der Waals surface area contributed by atoms with Crippen LogP contribution in [0.2, 0.25) is 0 Å². The number of aromatic amines is 1. The van der Waals surface area contributed by atoms with E-state index >= 15 is 0 Å². The maximum absolute atomic E-state index is 5.61. The Morgan fingerprint density at radius 3 is 2.47 bits per heavy atom. The predicted octanol–water partition coefficient (Wildman–Crippen LogP) is 1.91. The van der Waals surface area contributed by atoms with Crippen molar-refractivity contribution >= 4 is 16.9 Å². The molecule has 3 rings (SSSR count). The maximum Gasteiger partial charge on any atom is 0.119 e. The number of benzene rings is 1. The SMILES string of the molecule is Cc1nc2ccccc2nc1-c1cc(N)[nH]n1. The summed E-state index contributed by atoms with van der Waals surface area (Å²) in [5.74, 6) is 0.523. The fourth-order valence-corrected chi connectivity index (χ4v) is 1.79. The number of nitrogens with zero attached hydrogens (tertiary/aromatic N) is 3. The highest BCUT2D eigenvalue weighted by molar-refractivity contribution is 5.77. The van der Waals surface area contributed by atoms with E-state index < -0.39 is 0 Å². The van der Waals surface area contributed by atoms with Crippen molar-refractivity contribution < 1.29 is 0 Å². The minimum absolute atomic E-state index is 0.523. The molecule has 17 heavy (non-hydrogen) atoms. The Morgan fingerprint density at radius 1 is 1.12 bits per heavy atom. The lowest BCUT2D eigenvalue weighted by atomic mass is 10.2. The van der Waals surface area contributed by atoms with Gasteiger partial charge in [0.05, 0.1) is 16.7 Å². The van der Waals surface area contributed by atoms with E-state index in [9.17, 15) is 0 Å². The summed E-state index contributed by atoms with van der Waals surface area (Å²) in [6, 6.07) is 9.52. The summed E-state index contributed by atoms with van der Waals surface area (Å²) in [4.78, 5) is 9.06. The number of H-pyrrole nitrogens is 1. The highest BCUT2D eigenvalue weighted by Gasteiger charge is 2.10. The van der Waals surface area contributed by atoms with Gasteiger partial charge in [0, 0.05) is 6.07 Å². The monoisotopic (exact) mass is 225 g/mol. The van der Waals surface area contributed by atoms with E-state index in [0.717, 1.165) is 28.1 Å². The molecule has 0 bridgehead atoms. The molecule has 5 heteroatoms. The summed E-state index contributed by atoms with van der Waals surface area (Å²) in [5.41, 5.74) is 9.68. The van der Waals surface area contributed by atoms with Crippen LogP contribution in [-0.2, 0) is 0 Å². The number of nitrogen functional groups attached to an aromatic ring is 1. The smallest absolute Gasteiger partial charge is 0.119 e. The van der Waals surface area contributed by atoms with Crippen LogP contribution in [0, 0.1) is 6.92 Å². The third-order valence-corrected chi connectivity index (χ3v) is 2.59. The second-order valence-electron chi connectivity index (χ2n) is 3.85. The number of aromatic nitrogens is 4. The molecule has 0 saturated heterocycles. The molecule has 2 aromatic heterocycles. The quantitative estimate of drug-likeness (QED) is 0.663. The molecule has 0 aliphatic heterocycles. The lowest BCUT2D eigenvalue weighted by molar-refractivity contribution is 1.08. The van der Waals surface area contributed by atoms with Crippen LogP contribution in [0.15, 0.2) is 30.3 Å². The van der Waals surface area contributed by atoms with Crippen LogP contribution in [0.1, 0.15) is 5.69 Å². The number of hydrogen-bond acceptors (Lipinski definition) is 4. The van der Waals surface area contributed by atoms with Crippen LogP contribution in [0.5, 0.6) is 0 Å². The van der Waals surface area contributed by atoms with Gasteiger partial charge >= 0.3 is 0 Å². The summed E-state index contributed by atoms with van der Waals surface area (Å²) >= 11 is 0. The molecule has 0 amide bonds. The zero-order valence-electron chi connectivity index (χ0n) is 9.31. The molecule has 0 saturated carbocycles. The molecule has 0 aliphatic carbocycles. The van der Waals surface area contributed by atoms with E-state index in [4.69, 9.17) is 5.73 Å². The van der Waals surface area contributed by atoms with Gasteiger partial charge < -0.3 is 5.73 Å². The number of hydrogen-bond donors (Lipinski definition) is 2. The van der Waals surface area contributed by atoms with Gasteiger partial charge in [0.15, 0.2) is 0 Å². The third-order valence-electron chi connectivity index (χ3n) is 2.59. The van der Waals surface area contributed by atoms with Crippen molar-refractivity contribution in [2.45, 2.75) is 6.92 Å². The van der Waals surface area contributed by atoms with Crippen LogP contribution in [-0.4, -0.2) is 20.2 Å². The average Bonchev–Trinajstić information content (AvgIpc) is 2.75. The molecule has 0 unspecified atom stereocenters.